The molecule has 3 fully saturated rings. The number of nitrogens with one attached hydrogen (secondary N) is 1. The van der Waals surface area contributed by atoms with Gasteiger partial charge >= 0.3 is 5.97 Å². The van der Waals surface area contributed by atoms with Crippen LogP contribution in [0.25, 0.3) is 10.9 Å². The van der Waals surface area contributed by atoms with Crippen molar-refractivity contribution in [2.45, 2.75) is 57.2 Å². The molecule has 5 heteroatoms. The average Bonchev–Trinajstić information content (AvgIpc) is 3.05. The number of rotatable bonds is 4. The zero-order chi connectivity index (χ0) is 21.4. The van der Waals surface area contributed by atoms with E-state index in [2.05, 4.69) is 53.2 Å². The maximum atomic E-state index is 11.3. The molecular weight excluding hydrogens is 388 g/mol. The van der Waals surface area contributed by atoms with E-state index < -0.39 is 0 Å². The van der Waals surface area contributed by atoms with Crippen molar-refractivity contribution in [3.8, 4) is 5.75 Å². The highest BCUT2D eigenvalue weighted by Gasteiger charge is 2.71. The van der Waals surface area contributed by atoms with E-state index >= 15 is 0 Å². The fourth-order valence-corrected chi connectivity index (χ4v) is 6.79. The average molecular weight is 417 g/mol. The lowest BCUT2D eigenvalue weighted by Gasteiger charge is -2.76. The van der Waals surface area contributed by atoms with Crippen LogP contribution in [0.15, 0.2) is 48.5 Å². The number of aliphatic hydroxyl groups excluding tert-OH is 1. The number of hydrogen-bond donors (Lipinski definition) is 2. The van der Waals surface area contributed by atoms with Crippen LogP contribution in [-0.4, -0.2) is 39.1 Å². The normalized spacial score (nSPS) is 31.6. The van der Waals surface area contributed by atoms with Crippen LogP contribution in [0.5, 0.6) is 5.75 Å². The summed E-state index contributed by atoms with van der Waals surface area (Å²) in [5.74, 6) is 0.273. The highest BCUT2D eigenvalue weighted by molar-refractivity contribution is 5.85. The van der Waals surface area contributed by atoms with Crippen LogP contribution in [-0.2, 0) is 11.2 Å². The second-order valence-electron chi connectivity index (χ2n) is 10.0. The molecule has 5 nitrogen and oxygen atoms in total. The van der Waals surface area contributed by atoms with E-state index in [9.17, 15) is 9.90 Å². The van der Waals surface area contributed by atoms with Crippen molar-refractivity contribution in [2.24, 2.45) is 5.41 Å². The molecule has 3 saturated carbocycles. The Labute approximate surface area is 182 Å². The second kappa shape index (κ2) is 6.44. The molecule has 31 heavy (non-hydrogen) atoms. The third-order valence-corrected chi connectivity index (χ3v) is 7.83. The Morgan fingerprint density at radius 3 is 2.55 bits per heavy atom. The fourth-order valence-electron chi connectivity index (χ4n) is 6.79. The predicted octanol–water partition coefficient (Wildman–Crippen LogP) is 4.34. The summed E-state index contributed by atoms with van der Waals surface area (Å²) in [5.41, 5.74) is 5.42. The standard InChI is InChI=1S/C26H28N2O3/c1-16-11-21-20-5-3-4-6-22(20)27-23(21)24(18-7-9-19(10-8-18)31-17(2)30)28(16)26-12-25(13-26,14-26)15-29/h3-10,16,24,27,29H,11-15H2,1-2H3/t16?,24-,25?,26?/m1/s1. The SMILES string of the molecule is CC(=O)Oc1ccc([C@@H]2c3[nH]c4ccccc4c3CC(C)N2C23CC(CO)(C2)C3)cc1. The maximum Gasteiger partial charge on any atom is 0.308 e. The number of carbonyl (C=O) groups is 1. The molecule has 1 unspecified atom stereocenters. The van der Waals surface area contributed by atoms with Crippen molar-refractivity contribution in [1.29, 1.82) is 0 Å². The highest BCUT2D eigenvalue weighted by atomic mass is 16.5. The molecule has 2 aromatic carbocycles. The second-order valence-corrected chi connectivity index (χ2v) is 10.0. The molecule has 0 saturated heterocycles. The smallest absolute Gasteiger partial charge is 0.308 e. The van der Waals surface area contributed by atoms with E-state index in [0.717, 1.165) is 25.7 Å². The number of H-pyrrole nitrogens is 1. The number of hydrogen-bond acceptors (Lipinski definition) is 4. The predicted molar refractivity (Wildman–Crippen MR) is 119 cm³/mol. The number of nitrogens with zero attached hydrogens (tertiary/aromatic N) is 1. The number of aliphatic hydroxyl groups is 1. The van der Waals surface area contributed by atoms with E-state index in [0.29, 0.717) is 18.4 Å². The van der Waals surface area contributed by atoms with Crippen LogP contribution in [0.1, 0.15) is 56.0 Å². The van der Waals surface area contributed by atoms with Crippen LogP contribution in [0.2, 0.25) is 0 Å². The molecule has 160 valence electrons. The number of para-hydroxylation sites is 1. The van der Waals surface area contributed by atoms with Gasteiger partial charge in [-0.15, -0.1) is 0 Å². The Morgan fingerprint density at radius 1 is 1.16 bits per heavy atom. The van der Waals surface area contributed by atoms with Crippen molar-refractivity contribution in [1.82, 2.24) is 9.88 Å². The number of carbonyl (C=O) groups excluding carboxylic acids is 1. The minimum Gasteiger partial charge on any atom is -0.427 e. The topological polar surface area (TPSA) is 65.6 Å². The van der Waals surface area contributed by atoms with Crippen LogP contribution >= 0.6 is 0 Å². The van der Waals surface area contributed by atoms with Crippen molar-refractivity contribution < 1.29 is 14.6 Å². The summed E-state index contributed by atoms with van der Waals surface area (Å²) < 4.78 is 5.27. The Morgan fingerprint density at radius 2 is 1.87 bits per heavy atom. The number of aromatic amines is 1. The van der Waals surface area contributed by atoms with Gasteiger partial charge in [0, 0.05) is 41.7 Å². The lowest BCUT2D eigenvalue weighted by molar-refractivity contribution is -0.254. The van der Waals surface area contributed by atoms with Gasteiger partial charge < -0.3 is 14.8 Å². The molecule has 4 aliphatic rings. The van der Waals surface area contributed by atoms with Gasteiger partial charge in [0.1, 0.15) is 5.75 Å². The first-order valence-corrected chi connectivity index (χ1v) is 11.2. The minimum absolute atomic E-state index is 0.120. The summed E-state index contributed by atoms with van der Waals surface area (Å²) in [4.78, 5) is 17.8. The quantitative estimate of drug-likeness (QED) is 0.490. The molecule has 0 spiro atoms. The fraction of sp³-hybridized carbons (Fsp3) is 0.423. The zero-order valence-corrected chi connectivity index (χ0v) is 18.0. The summed E-state index contributed by atoms with van der Waals surface area (Å²) in [7, 11) is 0. The number of aromatic nitrogens is 1. The Hall–Kier alpha value is -2.63. The lowest BCUT2D eigenvalue weighted by Crippen LogP contribution is -2.77. The molecule has 2 heterocycles. The summed E-state index contributed by atoms with van der Waals surface area (Å²) >= 11 is 0. The first-order chi connectivity index (χ1) is 14.9. The van der Waals surface area contributed by atoms with E-state index in [1.165, 1.54) is 34.6 Å². The third kappa shape index (κ3) is 2.66. The van der Waals surface area contributed by atoms with Gasteiger partial charge in [-0.3, -0.25) is 9.69 Å². The summed E-state index contributed by atoms with van der Waals surface area (Å²) in [6.07, 6.45) is 4.27. The van der Waals surface area contributed by atoms with Gasteiger partial charge in [-0.25, -0.2) is 0 Å². The summed E-state index contributed by atoms with van der Waals surface area (Å²) in [5, 5.41) is 11.1. The van der Waals surface area contributed by atoms with Gasteiger partial charge in [-0.1, -0.05) is 30.3 Å². The van der Waals surface area contributed by atoms with Crippen LogP contribution in [0.4, 0.5) is 0 Å². The van der Waals surface area contributed by atoms with Crippen LogP contribution in [0.3, 0.4) is 0 Å². The maximum absolute atomic E-state index is 11.3. The van der Waals surface area contributed by atoms with Gasteiger partial charge in [0.05, 0.1) is 6.04 Å². The minimum atomic E-state index is -0.304. The van der Waals surface area contributed by atoms with Crippen molar-refractivity contribution in [3.63, 3.8) is 0 Å². The summed E-state index contributed by atoms with van der Waals surface area (Å²) in [6, 6.07) is 17.1. The molecular formula is C26H28N2O3. The van der Waals surface area contributed by atoms with E-state index in [1.807, 2.05) is 12.1 Å². The highest BCUT2D eigenvalue weighted by Crippen LogP contribution is 2.71. The Balaban J connectivity index is 1.46. The lowest BCUT2D eigenvalue weighted by atomic mass is 9.38. The first kappa shape index (κ1) is 19.1. The molecule has 7 rings (SSSR count). The number of ether oxygens (including phenoxy) is 1. The Kier molecular flexibility index (Phi) is 3.96. The van der Waals surface area contributed by atoms with Crippen molar-refractivity contribution in [3.05, 3.63) is 65.4 Å². The molecule has 2 N–H and O–H groups in total. The zero-order valence-electron chi connectivity index (χ0n) is 18.0. The number of fused-ring (bicyclic) bond motifs is 3. The van der Waals surface area contributed by atoms with Gasteiger partial charge in [0.25, 0.3) is 0 Å². The summed E-state index contributed by atoms with van der Waals surface area (Å²) in [6.45, 7) is 4.07. The van der Waals surface area contributed by atoms with Gasteiger partial charge in [0.2, 0.25) is 0 Å². The van der Waals surface area contributed by atoms with Crippen molar-refractivity contribution in [2.75, 3.05) is 6.61 Å². The van der Waals surface area contributed by atoms with Gasteiger partial charge in [0.15, 0.2) is 0 Å². The molecule has 0 radical (unpaired) electrons. The van der Waals surface area contributed by atoms with E-state index in [4.69, 9.17) is 4.74 Å². The van der Waals surface area contributed by atoms with Crippen LogP contribution < -0.4 is 4.74 Å². The van der Waals surface area contributed by atoms with Crippen LogP contribution in [0, 0.1) is 5.41 Å². The number of esters is 1. The largest absolute Gasteiger partial charge is 0.427 e. The Bertz CT molecular complexity index is 1160. The third-order valence-electron chi connectivity index (χ3n) is 7.83. The molecule has 0 amide bonds. The first-order valence-electron chi connectivity index (χ1n) is 11.2. The van der Waals surface area contributed by atoms with E-state index in [1.54, 1.807) is 0 Å². The molecule has 2 atom stereocenters. The monoisotopic (exact) mass is 416 g/mol. The van der Waals surface area contributed by atoms with E-state index in [-0.39, 0.29) is 23.0 Å². The van der Waals surface area contributed by atoms with Gasteiger partial charge in [-0.2, -0.15) is 0 Å². The van der Waals surface area contributed by atoms with Crippen molar-refractivity contribution >= 4 is 16.9 Å². The molecule has 3 aliphatic carbocycles. The molecule has 1 aliphatic heterocycles. The van der Waals surface area contributed by atoms with Gasteiger partial charge in [-0.05, 0) is 67.3 Å². The number of benzene rings is 2. The molecule has 3 aromatic rings. The molecule has 2 bridgehead atoms. The molecule has 1 aromatic heterocycles.